The van der Waals surface area contributed by atoms with Crippen LogP contribution in [-0.4, -0.2) is 71.8 Å². The van der Waals surface area contributed by atoms with Crippen molar-refractivity contribution in [1.82, 2.24) is 15.5 Å². The second-order valence-corrected chi connectivity index (χ2v) is 14.3. The van der Waals surface area contributed by atoms with Crippen molar-refractivity contribution >= 4 is 25.0 Å². The molecule has 3 aliphatic carbocycles. The Balaban J connectivity index is 1.32. The number of rotatable bonds is 2. The van der Waals surface area contributed by atoms with Crippen molar-refractivity contribution in [2.75, 3.05) is 6.54 Å². The molecule has 10 heteroatoms. The SMILES string of the molecule is CC1CC2C(=O)NC(B3OC4CC5CC(C5(C)C)C4(C)O3)CCCCC(NC(=O)OC(C)(C)C)C(=O)N2C1. The average Bonchev–Trinajstić information content (AvgIpc) is 3.36. The Morgan fingerprint density at radius 2 is 1.84 bits per heavy atom. The van der Waals surface area contributed by atoms with Gasteiger partial charge in [-0.3, -0.25) is 9.59 Å². The van der Waals surface area contributed by atoms with E-state index in [0.717, 1.165) is 19.3 Å². The maximum atomic E-state index is 13.6. The number of hydrogen-bond donors (Lipinski definition) is 2. The Kier molecular flexibility index (Phi) is 7.07. The number of carbonyl (C=O) groups is 3. The molecule has 2 bridgehead atoms. The zero-order chi connectivity index (χ0) is 27.6. The van der Waals surface area contributed by atoms with Gasteiger partial charge >= 0.3 is 13.2 Å². The fourth-order valence-electron chi connectivity index (χ4n) is 7.78. The first kappa shape index (κ1) is 27.8. The van der Waals surface area contributed by atoms with Gasteiger partial charge in [0.25, 0.3) is 0 Å². The summed E-state index contributed by atoms with van der Waals surface area (Å²) in [5, 5.41) is 6.03. The molecule has 212 valence electrons. The van der Waals surface area contributed by atoms with E-state index in [1.165, 1.54) is 6.42 Å². The molecule has 9 nitrogen and oxygen atoms in total. The van der Waals surface area contributed by atoms with Crippen LogP contribution in [0.2, 0.25) is 0 Å². The lowest BCUT2D eigenvalue weighted by molar-refractivity contribution is -0.199. The molecule has 3 amide bonds. The summed E-state index contributed by atoms with van der Waals surface area (Å²) >= 11 is 0. The highest BCUT2D eigenvalue weighted by atomic mass is 16.7. The van der Waals surface area contributed by atoms with Crippen molar-refractivity contribution in [3.8, 4) is 0 Å². The van der Waals surface area contributed by atoms with Crippen LogP contribution in [0.4, 0.5) is 4.79 Å². The molecule has 6 rings (SSSR count). The highest BCUT2D eigenvalue weighted by Gasteiger charge is 2.68. The molecule has 6 aliphatic rings. The largest absolute Gasteiger partial charge is 0.481 e. The minimum atomic E-state index is -0.725. The fraction of sp³-hybridized carbons (Fsp3) is 0.893. The van der Waals surface area contributed by atoms with Crippen LogP contribution in [-0.2, 0) is 23.6 Å². The molecular weight excluding hydrogens is 485 g/mol. The topological polar surface area (TPSA) is 106 Å². The summed E-state index contributed by atoms with van der Waals surface area (Å²) in [6.07, 6.45) is 4.87. The van der Waals surface area contributed by atoms with Gasteiger partial charge in [-0.25, -0.2) is 4.79 Å². The average molecular weight is 532 g/mol. The van der Waals surface area contributed by atoms with Gasteiger partial charge in [0, 0.05) is 6.54 Å². The lowest BCUT2D eigenvalue weighted by Crippen LogP contribution is -2.65. The van der Waals surface area contributed by atoms with Crippen LogP contribution < -0.4 is 10.6 Å². The summed E-state index contributed by atoms with van der Waals surface area (Å²) in [5.41, 5.74) is -0.757. The number of hydrogen-bond acceptors (Lipinski definition) is 6. The van der Waals surface area contributed by atoms with Crippen molar-refractivity contribution in [2.24, 2.45) is 23.2 Å². The van der Waals surface area contributed by atoms with Gasteiger partial charge in [0.1, 0.15) is 17.7 Å². The summed E-state index contributed by atoms with van der Waals surface area (Å²) < 4.78 is 18.7. The minimum Gasteiger partial charge on any atom is -0.444 e. The lowest BCUT2D eigenvalue weighted by atomic mass is 9.43. The molecule has 6 fully saturated rings. The Bertz CT molecular complexity index is 969. The Morgan fingerprint density at radius 3 is 2.53 bits per heavy atom. The highest BCUT2D eigenvalue weighted by molar-refractivity contribution is 6.47. The molecule has 8 unspecified atom stereocenters. The van der Waals surface area contributed by atoms with Crippen LogP contribution in [0.25, 0.3) is 0 Å². The molecule has 0 spiro atoms. The quantitative estimate of drug-likeness (QED) is 0.529. The molecule has 0 aromatic rings. The molecule has 3 heterocycles. The third-order valence-corrected chi connectivity index (χ3v) is 9.97. The van der Waals surface area contributed by atoms with Crippen molar-refractivity contribution in [3.63, 3.8) is 0 Å². The van der Waals surface area contributed by atoms with Crippen LogP contribution in [0.1, 0.15) is 93.4 Å². The number of carbonyl (C=O) groups excluding carboxylic acids is 3. The monoisotopic (exact) mass is 531 g/mol. The van der Waals surface area contributed by atoms with Gasteiger partial charge in [-0.2, -0.15) is 0 Å². The van der Waals surface area contributed by atoms with E-state index in [2.05, 4.69) is 38.3 Å². The van der Waals surface area contributed by atoms with E-state index in [-0.39, 0.29) is 40.8 Å². The van der Waals surface area contributed by atoms with E-state index >= 15 is 0 Å². The summed E-state index contributed by atoms with van der Waals surface area (Å²) in [5.74, 6) is 0.631. The fourth-order valence-corrected chi connectivity index (χ4v) is 7.78. The van der Waals surface area contributed by atoms with Crippen molar-refractivity contribution in [2.45, 2.75) is 129 Å². The van der Waals surface area contributed by atoms with Crippen molar-refractivity contribution in [3.05, 3.63) is 0 Å². The van der Waals surface area contributed by atoms with Crippen LogP contribution >= 0.6 is 0 Å². The lowest BCUT2D eigenvalue weighted by Gasteiger charge is -2.64. The van der Waals surface area contributed by atoms with Gasteiger partial charge in [-0.05, 0) is 83.0 Å². The molecule has 0 aromatic carbocycles. The molecule has 0 aromatic heterocycles. The molecule has 38 heavy (non-hydrogen) atoms. The summed E-state index contributed by atoms with van der Waals surface area (Å²) in [6.45, 7) is 14.8. The Morgan fingerprint density at radius 1 is 1.13 bits per heavy atom. The number of fused-ring (bicyclic) bond motifs is 1. The molecule has 3 aliphatic heterocycles. The first-order chi connectivity index (χ1) is 17.7. The predicted octanol–water partition coefficient (Wildman–Crippen LogP) is 3.44. The normalized spacial score (nSPS) is 40.9. The van der Waals surface area contributed by atoms with E-state index in [1.54, 1.807) is 25.7 Å². The van der Waals surface area contributed by atoms with Gasteiger partial charge in [0.05, 0.1) is 17.6 Å². The first-order valence-corrected chi connectivity index (χ1v) is 14.6. The number of ether oxygens (including phenoxy) is 1. The maximum Gasteiger partial charge on any atom is 0.481 e. The van der Waals surface area contributed by atoms with Gasteiger partial charge < -0.3 is 29.6 Å². The van der Waals surface area contributed by atoms with Gasteiger partial charge in [-0.1, -0.05) is 33.6 Å². The number of nitrogens with zero attached hydrogens (tertiary/aromatic N) is 1. The first-order valence-electron chi connectivity index (χ1n) is 14.6. The van der Waals surface area contributed by atoms with Gasteiger partial charge in [0.2, 0.25) is 11.8 Å². The maximum absolute atomic E-state index is 13.6. The third-order valence-electron chi connectivity index (χ3n) is 9.97. The molecule has 0 radical (unpaired) electrons. The van der Waals surface area contributed by atoms with E-state index in [0.29, 0.717) is 37.6 Å². The van der Waals surface area contributed by atoms with Gasteiger partial charge in [0.15, 0.2) is 0 Å². The van der Waals surface area contributed by atoms with Crippen LogP contribution in [0, 0.1) is 23.2 Å². The zero-order valence-corrected chi connectivity index (χ0v) is 24.2. The number of nitrogens with one attached hydrogen (secondary N) is 2. The standard InChI is InChI=1S/C28H46BN3O6/c1-16-12-19-23(33)31-22(29-37-21-14-17-13-20(27(17,5)6)28(21,7)38-29)11-9-8-10-18(24(34)32(19)15-16)30-25(35)36-26(2,3)4/h16-22H,8-15H2,1-7H3,(H,30,35)(H,31,33). The van der Waals surface area contributed by atoms with Crippen LogP contribution in [0.15, 0.2) is 0 Å². The molecule has 3 saturated heterocycles. The number of amides is 3. The van der Waals surface area contributed by atoms with Gasteiger partial charge in [-0.15, -0.1) is 0 Å². The summed E-state index contributed by atoms with van der Waals surface area (Å²) in [7, 11) is -0.497. The van der Waals surface area contributed by atoms with E-state index in [9.17, 15) is 14.4 Å². The second-order valence-electron chi connectivity index (χ2n) is 14.3. The Hall–Kier alpha value is -1.81. The van der Waals surface area contributed by atoms with Crippen molar-refractivity contribution < 1.29 is 28.4 Å². The Labute approximate surface area is 227 Å². The third kappa shape index (κ3) is 4.96. The van der Waals surface area contributed by atoms with Crippen LogP contribution in [0.3, 0.4) is 0 Å². The highest BCUT2D eigenvalue weighted by Crippen LogP contribution is 2.65. The van der Waals surface area contributed by atoms with E-state index < -0.39 is 30.9 Å². The zero-order valence-electron chi connectivity index (χ0n) is 24.2. The van der Waals surface area contributed by atoms with Crippen LogP contribution in [0.5, 0.6) is 0 Å². The second kappa shape index (κ2) is 9.68. The molecular formula is C28H46BN3O6. The van der Waals surface area contributed by atoms with E-state index in [4.69, 9.17) is 14.0 Å². The summed E-state index contributed by atoms with van der Waals surface area (Å²) in [4.78, 5) is 41.5. The predicted molar refractivity (Wildman–Crippen MR) is 143 cm³/mol. The van der Waals surface area contributed by atoms with E-state index in [1.807, 2.05) is 0 Å². The minimum absolute atomic E-state index is 0.0475. The molecule has 8 atom stereocenters. The van der Waals surface area contributed by atoms with Crippen molar-refractivity contribution in [1.29, 1.82) is 0 Å². The molecule has 3 saturated carbocycles. The molecule has 2 N–H and O–H groups in total. The summed E-state index contributed by atoms with van der Waals surface area (Å²) in [6, 6.07) is -1.30. The number of alkyl carbamates (subject to hydrolysis) is 1. The smallest absolute Gasteiger partial charge is 0.444 e.